The largest absolute Gasteiger partial charge is 0.462 e. The number of ether oxygens (including phenoxy) is 6. The number of carbonyl (C=O) groups is 2. The van der Waals surface area contributed by atoms with Crippen LogP contribution in [0.1, 0.15) is 245 Å². The number of aliphatic hydroxyl groups excluding tert-OH is 7. The van der Waals surface area contributed by atoms with Gasteiger partial charge in [0.25, 0.3) is 0 Å². The molecule has 0 aromatic heterocycles. The Labute approximate surface area is 459 Å². The molecule has 0 aliphatic carbocycles. The molecular formula is C61H110O15. The number of hydrogen-bond donors (Lipinski definition) is 7. The standard InChI is InChI=1S/C61H110O15/c1-3-5-7-9-11-13-15-17-19-21-23-24-26-28-30-32-34-36-38-40-42-44-53(64)74-49(46-71-52(63)43-41-39-37-35-33-31-29-27-25-22-20-18-16-14-12-10-8-6-4-2)47-72-60-59(70)57(68)55(66)51(76-60)48-73-61-58(69)56(67)54(65)50(45-62)75-61/h15,17-18,20-21,23,49-51,54-62,65-70H,3-14,16,19,22,24-48H2,1-2H3/b17-15-,20-18-,23-21-. The fourth-order valence-electron chi connectivity index (χ4n) is 9.60. The molecule has 2 saturated heterocycles. The smallest absolute Gasteiger partial charge is 0.306 e. The summed E-state index contributed by atoms with van der Waals surface area (Å²) in [4.78, 5) is 25.9. The van der Waals surface area contributed by atoms with Crippen LogP contribution in [0.25, 0.3) is 0 Å². The Balaban J connectivity index is 1.74. The number of carbonyl (C=O) groups excluding carboxylic acids is 2. The van der Waals surface area contributed by atoms with Gasteiger partial charge in [0.1, 0.15) is 55.4 Å². The minimum absolute atomic E-state index is 0.161. The number of aliphatic hydroxyl groups is 7. The molecule has 2 fully saturated rings. The Hall–Kier alpha value is -2.28. The molecule has 0 spiro atoms. The first kappa shape index (κ1) is 69.8. The van der Waals surface area contributed by atoms with Gasteiger partial charge in [0.15, 0.2) is 18.7 Å². The van der Waals surface area contributed by atoms with Crippen LogP contribution in [0.3, 0.4) is 0 Å². The molecule has 2 aliphatic heterocycles. The fraction of sp³-hybridized carbons (Fsp3) is 0.869. The third-order valence-corrected chi connectivity index (χ3v) is 14.6. The van der Waals surface area contributed by atoms with Gasteiger partial charge in [-0.3, -0.25) is 9.59 Å². The van der Waals surface area contributed by atoms with Crippen molar-refractivity contribution in [3.05, 3.63) is 36.5 Å². The van der Waals surface area contributed by atoms with Gasteiger partial charge in [0.05, 0.1) is 19.8 Å². The molecule has 0 radical (unpaired) electrons. The Morgan fingerprint density at radius 2 is 0.789 bits per heavy atom. The molecule has 2 rings (SSSR count). The van der Waals surface area contributed by atoms with Crippen molar-refractivity contribution in [2.75, 3.05) is 26.4 Å². The minimum Gasteiger partial charge on any atom is -0.462 e. The molecular weight excluding hydrogens is 973 g/mol. The number of esters is 2. The van der Waals surface area contributed by atoms with Gasteiger partial charge >= 0.3 is 11.9 Å². The minimum atomic E-state index is -1.77. The van der Waals surface area contributed by atoms with Gasteiger partial charge in [-0.15, -0.1) is 0 Å². The molecule has 444 valence electrons. The van der Waals surface area contributed by atoms with Crippen LogP contribution in [0.5, 0.6) is 0 Å². The highest BCUT2D eigenvalue weighted by atomic mass is 16.7. The van der Waals surface area contributed by atoms with Crippen molar-refractivity contribution in [1.82, 2.24) is 0 Å². The highest BCUT2D eigenvalue weighted by molar-refractivity contribution is 5.70. The third kappa shape index (κ3) is 34.0. The topological polar surface area (TPSA) is 231 Å². The van der Waals surface area contributed by atoms with E-state index in [1.54, 1.807) is 0 Å². The third-order valence-electron chi connectivity index (χ3n) is 14.6. The summed E-state index contributed by atoms with van der Waals surface area (Å²) >= 11 is 0. The van der Waals surface area contributed by atoms with Gasteiger partial charge < -0.3 is 64.2 Å². The molecule has 7 N–H and O–H groups in total. The predicted octanol–water partition coefficient (Wildman–Crippen LogP) is 10.8. The fourth-order valence-corrected chi connectivity index (χ4v) is 9.60. The van der Waals surface area contributed by atoms with Gasteiger partial charge in [-0.05, 0) is 70.6 Å². The monoisotopic (exact) mass is 1080 g/mol. The van der Waals surface area contributed by atoms with Crippen LogP contribution >= 0.6 is 0 Å². The van der Waals surface area contributed by atoms with Gasteiger partial charge in [0.2, 0.25) is 0 Å². The number of unbranched alkanes of at least 4 members (excludes halogenated alkanes) is 29. The first-order chi connectivity index (χ1) is 37.0. The molecule has 11 atom stereocenters. The maximum absolute atomic E-state index is 13.1. The van der Waals surface area contributed by atoms with E-state index in [0.717, 1.165) is 57.8 Å². The summed E-state index contributed by atoms with van der Waals surface area (Å²) in [7, 11) is 0. The zero-order valence-corrected chi connectivity index (χ0v) is 47.5. The molecule has 0 amide bonds. The second-order valence-electron chi connectivity index (χ2n) is 21.5. The molecule has 11 unspecified atom stereocenters. The quantitative estimate of drug-likeness (QED) is 0.0171. The molecule has 0 aromatic rings. The van der Waals surface area contributed by atoms with Crippen molar-refractivity contribution in [3.63, 3.8) is 0 Å². The summed E-state index contributed by atoms with van der Waals surface area (Å²) in [6.45, 7) is 2.61. The molecule has 15 heteroatoms. The van der Waals surface area contributed by atoms with Crippen LogP contribution < -0.4 is 0 Å². The maximum atomic E-state index is 13.1. The average molecular weight is 1080 g/mol. The Kier molecular flexibility index (Phi) is 43.7. The summed E-state index contributed by atoms with van der Waals surface area (Å²) in [6, 6.07) is 0. The molecule has 76 heavy (non-hydrogen) atoms. The van der Waals surface area contributed by atoms with Crippen LogP contribution in [-0.4, -0.2) is 142 Å². The summed E-state index contributed by atoms with van der Waals surface area (Å²) in [5.41, 5.74) is 0. The summed E-state index contributed by atoms with van der Waals surface area (Å²) < 4.78 is 33.7. The van der Waals surface area contributed by atoms with Crippen LogP contribution in [0.2, 0.25) is 0 Å². The Morgan fingerprint density at radius 3 is 1.24 bits per heavy atom. The van der Waals surface area contributed by atoms with Gasteiger partial charge in [0, 0.05) is 12.8 Å². The van der Waals surface area contributed by atoms with E-state index < -0.39 is 92.7 Å². The van der Waals surface area contributed by atoms with E-state index >= 15 is 0 Å². The zero-order valence-electron chi connectivity index (χ0n) is 47.5. The van der Waals surface area contributed by atoms with E-state index in [2.05, 4.69) is 50.3 Å². The molecule has 2 heterocycles. The van der Waals surface area contributed by atoms with Crippen molar-refractivity contribution in [2.45, 2.75) is 313 Å². The lowest BCUT2D eigenvalue weighted by atomic mass is 9.98. The van der Waals surface area contributed by atoms with Crippen molar-refractivity contribution in [2.24, 2.45) is 0 Å². The Morgan fingerprint density at radius 1 is 0.421 bits per heavy atom. The van der Waals surface area contributed by atoms with Crippen LogP contribution in [0.15, 0.2) is 36.5 Å². The molecule has 15 nitrogen and oxygen atoms in total. The van der Waals surface area contributed by atoms with Crippen molar-refractivity contribution in [1.29, 1.82) is 0 Å². The SMILES string of the molecule is CCCCCCC/C=C\C/C=C\CCCCCCCCCCCC(=O)OC(COC(=O)CCCCCCCCCCC/C=C\CCCCCCCC)COC1OC(COC2OC(CO)C(O)C(O)C2O)C(O)C(O)C1O. The lowest BCUT2D eigenvalue weighted by Crippen LogP contribution is -2.61. The zero-order chi connectivity index (χ0) is 55.3. The lowest BCUT2D eigenvalue weighted by Gasteiger charge is -2.42. The normalized spacial score (nSPS) is 24.5. The predicted molar refractivity (Wildman–Crippen MR) is 298 cm³/mol. The van der Waals surface area contributed by atoms with E-state index in [-0.39, 0.29) is 26.1 Å². The van der Waals surface area contributed by atoms with Crippen molar-refractivity contribution >= 4 is 11.9 Å². The van der Waals surface area contributed by atoms with E-state index in [0.29, 0.717) is 12.8 Å². The van der Waals surface area contributed by atoms with Crippen LogP contribution in [0, 0.1) is 0 Å². The molecule has 0 bridgehead atoms. The number of hydrogen-bond acceptors (Lipinski definition) is 15. The molecule has 0 saturated carbocycles. The van der Waals surface area contributed by atoms with E-state index in [9.17, 15) is 45.3 Å². The second kappa shape index (κ2) is 47.5. The molecule has 0 aromatic carbocycles. The lowest BCUT2D eigenvalue weighted by molar-refractivity contribution is -0.332. The van der Waals surface area contributed by atoms with Gasteiger partial charge in [-0.2, -0.15) is 0 Å². The number of rotatable bonds is 49. The summed E-state index contributed by atoms with van der Waals surface area (Å²) in [5.74, 6) is -0.923. The van der Waals surface area contributed by atoms with Crippen LogP contribution in [0.4, 0.5) is 0 Å². The summed E-state index contributed by atoms with van der Waals surface area (Å²) in [5, 5.41) is 72.4. The Bertz CT molecular complexity index is 1460. The van der Waals surface area contributed by atoms with E-state index in [1.807, 2.05) is 0 Å². The maximum Gasteiger partial charge on any atom is 0.306 e. The van der Waals surface area contributed by atoms with E-state index in [4.69, 9.17) is 28.4 Å². The van der Waals surface area contributed by atoms with Crippen molar-refractivity contribution < 1.29 is 73.8 Å². The first-order valence-electron chi connectivity index (χ1n) is 30.6. The molecule has 2 aliphatic rings. The van der Waals surface area contributed by atoms with Gasteiger partial charge in [-0.25, -0.2) is 0 Å². The van der Waals surface area contributed by atoms with Crippen molar-refractivity contribution in [3.8, 4) is 0 Å². The van der Waals surface area contributed by atoms with E-state index in [1.165, 1.54) is 148 Å². The first-order valence-corrected chi connectivity index (χ1v) is 30.6. The number of allylic oxidation sites excluding steroid dienone is 6. The van der Waals surface area contributed by atoms with Gasteiger partial charge in [-0.1, -0.05) is 198 Å². The highest BCUT2D eigenvalue weighted by Crippen LogP contribution is 2.27. The summed E-state index contributed by atoms with van der Waals surface area (Å²) in [6.07, 6.45) is 37.3. The highest BCUT2D eigenvalue weighted by Gasteiger charge is 2.47. The average Bonchev–Trinajstić information content (AvgIpc) is 3.41. The van der Waals surface area contributed by atoms with Crippen LogP contribution in [-0.2, 0) is 38.0 Å². The second-order valence-corrected chi connectivity index (χ2v) is 21.5.